The molecule has 0 spiro atoms. The van der Waals surface area contributed by atoms with Crippen LogP contribution in [0.5, 0.6) is 0 Å². The molecule has 8 heteroatoms. The Labute approximate surface area is 168 Å². The summed E-state index contributed by atoms with van der Waals surface area (Å²) < 4.78 is 3.30. The molecule has 4 aromatic rings. The zero-order chi connectivity index (χ0) is 20.4. The van der Waals surface area contributed by atoms with Crippen molar-refractivity contribution in [1.29, 1.82) is 0 Å². The van der Waals surface area contributed by atoms with E-state index in [-0.39, 0.29) is 11.7 Å². The maximum Gasteiger partial charge on any atom is 0.346 e. The standard InChI is InChI=1S/C21H23N7O/c1-4-19-24-28(14(2)3)21(29)27(19)13-15-9-11-16(12-10-15)17-7-5-6-8-18(17)20-22-25-26-23-20/h5-12,14H,4,13H2,1-3H3,(H,22,23,25,26). The molecule has 0 bridgehead atoms. The Kier molecular flexibility index (Phi) is 5.07. The van der Waals surface area contributed by atoms with Gasteiger partial charge in [-0.25, -0.2) is 14.6 Å². The predicted molar refractivity (Wildman–Crippen MR) is 110 cm³/mol. The van der Waals surface area contributed by atoms with Gasteiger partial charge in [0, 0.05) is 12.0 Å². The van der Waals surface area contributed by atoms with E-state index in [1.165, 1.54) is 0 Å². The highest BCUT2D eigenvalue weighted by molar-refractivity contribution is 5.80. The van der Waals surface area contributed by atoms with Gasteiger partial charge in [0.1, 0.15) is 5.82 Å². The van der Waals surface area contributed by atoms with E-state index in [9.17, 15) is 4.79 Å². The first-order valence-electron chi connectivity index (χ1n) is 9.69. The molecule has 2 heterocycles. The first-order valence-corrected chi connectivity index (χ1v) is 9.69. The van der Waals surface area contributed by atoms with Crippen LogP contribution in [-0.2, 0) is 13.0 Å². The number of hydrogen-bond donors (Lipinski definition) is 1. The summed E-state index contributed by atoms with van der Waals surface area (Å²) in [6, 6.07) is 16.2. The van der Waals surface area contributed by atoms with Gasteiger partial charge in [-0.2, -0.15) is 5.10 Å². The number of aromatic nitrogens is 7. The topological polar surface area (TPSA) is 94.3 Å². The summed E-state index contributed by atoms with van der Waals surface area (Å²) in [6.45, 7) is 6.45. The van der Waals surface area contributed by atoms with Crippen molar-refractivity contribution in [3.63, 3.8) is 0 Å². The van der Waals surface area contributed by atoms with Crippen molar-refractivity contribution in [2.24, 2.45) is 0 Å². The molecule has 148 valence electrons. The molecule has 0 radical (unpaired) electrons. The molecule has 0 aliphatic heterocycles. The fourth-order valence-corrected chi connectivity index (χ4v) is 3.40. The molecule has 8 nitrogen and oxygen atoms in total. The van der Waals surface area contributed by atoms with Gasteiger partial charge in [0.05, 0.1) is 12.6 Å². The second-order valence-corrected chi connectivity index (χ2v) is 7.17. The summed E-state index contributed by atoms with van der Waals surface area (Å²) >= 11 is 0. The van der Waals surface area contributed by atoms with Crippen molar-refractivity contribution < 1.29 is 0 Å². The minimum Gasteiger partial charge on any atom is -0.274 e. The Morgan fingerprint density at radius 1 is 1.03 bits per heavy atom. The molecule has 2 aromatic carbocycles. The zero-order valence-electron chi connectivity index (χ0n) is 16.7. The number of benzene rings is 2. The number of tetrazole rings is 1. The van der Waals surface area contributed by atoms with Gasteiger partial charge in [0.25, 0.3) is 0 Å². The van der Waals surface area contributed by atoms with Crippen LogP contribution < -0.4 is 5.69 Å². The van der Waals surface area contributed by atoms with Crippen LogP contribution in [-0.4, -0.2) is 35.0 Å². The molecule has 0 aliphatic rings. The lowest BCUT2D eigenvalue weighted by Crippen LogP contribution is -2.27. The lowest BCUT2D eigenvalue weighted by molar-refractivity contribution is 0.505. The average molecular weight is 389 g/mol. The van der Waals surface area contributed by atoms with Crippen molar-refractivity contribution in [3.8, 4) is 22.5 Å². The molecule has 0 aliphatic carbocycles. The third kappa shape index (κ3) is 3.61. The Balaban J connectivity index is 1.65. The van der Waals surface area contributed by atoms with Gasteiger partial charge in [-0.05, 0) is 41.0 Å². The van der Waals surface area contributed by atoms with Gasteiger partial charge < -0.3 is 0 Å². The third-order valence-electron chi connectivity index (χ3n) is 4.90. The van der Waals surface area contributed by atoms with E-state index in [2.05, 4.69) is 37.9 Å². The molecule has 0 saturated carbocycles. The van der Waals surface area contributed by atoms with Gasteiger partial charge in [-0.1, -0.05) is 55.5 Å². The van der Waals surface area contributed by atoms with E-state index in [0.717, 1.165) is 28.1 Å². The molecule has 29 heavy (non-hydrogen) atoms. The van der Waals surface area contributed by atoms with Crippen LogP contribution in [0.3, 0.4) is 0 Å². The van der Waals surface area contributed by atoms with Crippen molar-refractivity contribution >= 4 is 0 Å². The highest BCUT2D eigenvalue weighted by Gasteiger charge is 2.15. The summed E-state index contributed by atoms with van der Waals surface area (Å²) in [6.07, 6.45) is 0.714. The Morgan fingerprint density at radius 3 is 2.38 bits per heavy atom. The Morgan fingerprint density at radius 2 is 1.76 bits per heavy atom. The highest BCUT2D eigenvalue weighted by atomic mass is 16.2. The van der Waals surface area contributed by atoms with E-state index >= 15 is 0 Å². The van der Waals surface area contributed by atoms with Crippen LogP contribution in [0.1, 0.15) is 38.2 Å². The lowest BCUT2D eigenvalue weighted by Gasteiger charge is -2.09. The van der Waals surface area contributed by atoms with Gasteiger partial charge in [0.15, 0.2) is 5.82 Å². The predicted octanol–water partition coefficient (Wildman–Crippen LogP) is 3.08. The number of H-pyrrole nitrogens is 1. The van der Waals surface area contributed by atoms with Crippen molar-refractivity contribution in [3.05, 3.63) is 70.4 Å². The fraction of sp³-hybridized carbons (Fsp3) is 0.286. The first kappa shape index (κ1) is 18.8. The van der Waals surface area contributed by atoms with Crippen molar-refractivity contribution in [2.75, 3.05) is 0 Å². The number of hydrogen-bond acceptors (Lipinski definition) is 5. The summed E-state index contributed by atoms with van der Waals surface area (Å²) in [5.41, 5.74) is 4.02. The maximum atomic E-state index is 12.7. The van der Waals surface area contributed by atoms with Crippen molar-refractivity contribution in [1.82, 2.24) is 35.0 Å². The highest BCUT2D eigenvalue weighted by Crippen LogP contribution is 2.29. The minimum absolute atomic E-state index is 0.0403. The maximum absolute atomic E-state index is 12.7. The molecule has 1 N–H and O–H groups in total. The fourth-order valence-electron chi connectivity index (χ4n) is 3.40. The summed E-state index contributed by atoms with van der Waals surface area (Å²) in [4.78, 5) is 12.7. The third-order valence-corrected chi connectivity index (χ3v) is 4.90. The Hall–Kier alpha value is -3.55. The van der Waals surface area contributed by atoms with E-state index in [0.29, 0.717) is 18.8 Å². The molecule has 0 atom stereocenters. The largest absolute Gasteiger partial charge is 0.346 e. The van der Waals surface area contributed by atoms with E-state index in [1.54, 1.807) is 9.25 Å². The molecule has 0 saturated heterocycles. The number of rotatable bonds is 6. The van der Waals surface area contributed by atoms with E-state index < -0.39 is 0 Å². The van der Waals surface area contributed by atoms with Gasteiger partial charge in [-0.15, -0.1) is 5.10 Å². The van der Waals surface area contributed by atoms with Crippen molar-refractivity contribution in [2.45, 2.75) is 39.8 Å². The van der Waals surface area contributed by atoms with Crippen LogP contribution in [0.2, 0.25) is 0 Å². The summed E-state index contributed by atoms with van der Waals surface area (Å²) in [5.74, 6) is 1.43. The van der Waals surface area contributed by atoms with Crippen LogP contribution in [0.25, 0.3) is 22.5 Å². The SMILES string of the molecule is CCc1nn(C(C)C)c(=O)n1Cc1ccc(-c2ccccc2-c2nnn[nH]2)cc1. The second kappa shape index (κ2) is 7.83. The summed E-state index contributed by atoms with van der Waals surface area (Å²) in [7, 11) is 0. The quantitative estimate of drug-likeness (QED) is 0.547. The van der Waals surface area contributed by atoms with Crippen LogP contribution >= 0.6 is 0 Å². The lowest BCUT2D eigenvalue weighted by atomic mass is 9.98. The van der Waals surface area contributed by atoms with E-state index in [4.69, 9.17) is 0 Å². The zero-order valence-corrected chi connectivity index (χ0v) is 16.7. The molecule has 0 fully saturated rings. The normalized spacial score (nSPS) is 11.3. The monoisotopic (exact) mass is 389 g/mol. The van der Waals surface area contributed by atoms with Crippen LogP contribution in [0.15, 0.2) is 53.3 Å². The minimum atomic E-state index is -0.0657. The smallest absolute Gasteiger partial charge is 0.274 e. The van der Waals surface area contributed by atoms with Gasteiger partial charge in [-0.3, -0.25) is 4.57 Å². The number of aromatic amines is 1. The van der Waals surface area contributed by atoms with Crippen LogP contribution in [0.4, 0.5) is 0 Å². The molecular weight excluding hydrogens is 366 g/mol. The van der Waals surface area contributed by atoms with Gasteiger partial charge >= 0.3 is 5.69 Å². The summed E-state index contributed by atoms with van der Waals surface area (Å²) in [5, 5.41) is 18.7. The van der Waals surface area contributed by atoms with Gasteiger partial charge in [0.2, 0.25) is 0 Å². The molecule has 0 amide bonds. The average Bonchev–Trinajstić information content (AvgIpc) is 3.38. The molecule has 2 aromatic heterocycles. The van der Waals surface area contributed by atoms with E-state index in [1.807, 2.05) is 57.2 Å². The Bertz CT molecular complexity index is 1150. The number of aryl methyl sites for hydroxylation is 1. The van der Waals surface area contributed by atoms with Crippen LogP contribution in [0, 0.1) is 0 Å². The number of nitrogens with zero attached hydrogens (tertiary/aromatic N) is 6. The molecular formula is C21H23N7O. The molecule has 4 rings (SSSR count). The number of nitrogens with one attached hydrogen (secondary N) is 1. The second-order valence-electron chi connectivity index (χ2n) is 7.17. The molecule has 0 unspecified atom stereocenters. The first-order chi connectivity index (χ1) is 14.1.